The predicted octanol–water partition coefficient (Wildman–Crippen LogP) is 2.98. The van der Waals surface area contributed by atoms with E-state index in [0.29, 0.717) is 18.4 Å². The molecule has 0 bridgehead atoms. The molecule has 142 valence electrons. The van der Waals surface area contributed by atoms with Crippen molar-refractivity contribution in [3.8, 4) is 0 Å². The van der Waals surface area contributed by atoms with Crippen LogP contribution < -0.4 is 10.6 Å². The maximum absolute atomic E-state index is 5.46. The first-order valence-electron chi connectivity index (χ1n) is 9.78. The first kappa shape index (κ1) is 19.8. The first-order chi connectivity index (χ1) is 12.2. The Morgan fingerprint density at radius 1 is 1.28 bits per heavy atom. The zero-order chi connectivity index (χ0) is 18.1. The second kappa shape index (κ2) is 10.4. The number of aromatic nitrogens is 1. The first-order valence-corrected chi connectivity index (χ1v) is 9.78. The van der Waals surface area contributed by atoms with Crippen LogP contribution in [-0.2, 0) is 6.54 Å². The molecule has 2 rings (SSSR count). The second-order valence-electron chi connectivity index (χ2n) is 7.15. The van der Waals surface area contributed by atoms with Gasteiger partial charge in [0.1, 0.15) is 0 Å². The monoisotopic (exact) mass is 349 g/mol. The fourth-order valence-corrected chi connectivity index (χ4v) is 3.44. The maximum atomic E-state index is 5.46. The van der Waals surface area contributed by atoms with Crippen LogP contribution in [0.25, 0.3) is 0 Å². The van der Waals surface area contributed by atoms with E-state index in [1.54, 1.807) is 7.05 Å². The maximum Gasteiger partial charge on any atom is 0.191 e. The van der Waals surface area contributed by atoms with Crippen LogP contribution in [0.2, 0.25) is 0 Å². The number of nitrogens with one attached hydrogen (secondary N) is 2. The van der Waals surface area contributed by atoms with Gasteiger partial charge in [0.05, 0.1) is 12.2 Å². The van der Waals surface area contributed by atoms with Gasteiger partial charge in [-0.3, -0.25) is 4.99 Å². The summed E-state index contributed by atoms with van der Waals surface area (Å²) in [5.74, 6) is 2.76. The molecule has 1 fully saturated rings. The molecule has 1 aliphatic heterocycles. The van der Waals surface area contributed by atoms with E-state index in [4.69, 9.17) is 4.52 Å². The summed E-state index contributed by atoms with van der Waals surface area (Å²) in [5, 5.41) is 10.9. The molecule has 0 radical (unpaired) electrons. The Bertz CT molecular complexity index is 518. The topological polar surface area (TPSA) is 65.7 Å². The number of hydrogen-bond acceptors (Lipinski definition) is 4. The van der Waals surface area contributed by atoms with Crippen molar-refractivity contribution < 1.29 is 4.52 Å². The summed E-state index contributed by atoms with van der Waals surface area (Å²) in [7, 11) is 1.80. The summed E-state index contributed by atoms with van der Waals surface area (Å²) < 4.78 is 5.46. The highest BCUT2D eigenvalue weighted by Crippen LogP contribution is 2.22. The Labute approximate surface area is 152 Å². The van der Waals surface area contributed by atoms with Gasteiger partial charge in [0.15, 0.2) is 11.7 Å². The molecule has 0 spiro atoms. The van der Waals surface area contributed by atoms with Gasteiger partial charge in [0.2, 0.25) is 0 Å². The van der Waals surface area contributed by atoms with Gasteiger partial charge in [-0.2, -0.15) is 0 Å². The van der Waals surface area contributed by atoms with Crippen molar-refractivity contribution in [1.29, 1.82) is 0 Å². The average molecular weight is 350 g/mol. The van der Waals surface area contributed by atoms with Crippen molar-refractivity contribution in [2.24, 2.45) is 10.9 Å². The number of rotatable bonds is 9. The third-order valence-electron chi connectivity index (χ3n) is 5.02. The normalized spacial score (nSPS) is 17.2. The molecule has 25 heavy (non-hydrogen) atoms. The lowest BCUT2D eigenvalue weighted by atomic mass is 9.99. The number of hydrogen-bond donors (Lipinski definition) is 2. The van der Waals surface area contributed by atoms with Crippen LogP contribution in [0, 0.1) is 5.92 Å². The van der Waals surface area contributed by atoms with Crippen LogP contribution in [0.3, 0.4) is 0 Å². The van der Waals surface area contributed by atoms with E-state index >= 15 is 0 Å². The standard InChI is InChI=1S/C19H35N5O/c1-5-16(6-2)18-11-17(25-23-18)13-22-19(20-4)21-12-15(3)14-24-9-7-8-10-24/h11,15-16H,5-10,12-14H2,1-4H3,(H2,20,21,22). The van der Waals surface area contributed by atoms with Crippen LogP contribution in [0.15, 0.2) is 15.6 Å². The Balaban J connectivity index is 1.72. The lowest BCUT2D eigenvalue weighted by molar-refractivity contribution is 0.287. The summed E-state index contributed by atoms with van der Waals surface area (Å²) in [4.78, 5) is 6.85. The summed E-state index contributed by atoms with van der Waals surface area (Å²) in [6, 6.07) is 2.06. The van der Waals surface area contributed by atoms with Crippen LogP contribution in [0.4, 0.5) is 0 Å². The number of aliphatic imine (C=N–C) groups is 1. The van der Waals surface area contributed by atoms with Gasteiger partial charge in [-0.1, -0.05) is 25.9 Å². The molecular formula is C19H35N5O. The molecule has 6 heteroatoms. The molecule has 6 nitrogen and oxygen atoms in total. The number of nitrogens with zero attached hydrogens (tertiary/aromatic N) is 3. The largest absolute Gasteiger partial charge is 0.359 e. The zero-order valence-electron chi connectivity index (χ0n) is 16.3. The minimum Gasteiger partial charge on any atom is -0.359 e. The van der Waals surface area contributed by atoms with Crippen LogP contribution >= 0.6 is 0 Å². The van der Waals surface area contributed by atoms with Gasteiger partial charge in [-0.25, -0.2) is 0 Å². The van der Waals surface area contributed by atoms with Gasteiger partial charge < -0.3 is 20.1 Å². The van der Waals surface area contributed by atoms with Crippen LogP contribution in [0.5, 0.6) is 0 Å². The highest BCUT2D eigenvalue weighted by atomic mass is 16.5. The summed E-state index contributed by atoms with van der Waals surface area (Å²) >= 11 is 0. The van der Waals surface area contributed by atoms with E-state index in [9.17, 15) is 0 Å². The van der Waals surface area contributed by atoms with Gasteiger partial charge in [0.25, 0.3) is 0 Å². The quantitative estimate of drug-likeness (QED) is 0.530. The highest BCUT2D eigenvalue weighted by molar-refractivity contribution is 5.79. The molecule has 0 aliphatic carbocycles. The summed E-state index contributed by atoms with van der Waals surface area (Å²) in [5.41, 5.74) is 1.06. The molecule has 2 heterocycles. The van der Waals surface area contributed by atoms with Gasteiger partial charge in [-0.05, 0) is 44.7 Å². The smallest absolute Gasteiger partial charge is 0.191 e. The fourth-order valence-electron chi connectivity index (χ4n) is 3.44. The summed E-state index contributed by atoms with van der Waals surface area (Å²) in [6.45, 7) is 11.9. The van der Waals surface area contributed by atoms with Crippen LogP contribution in [0.1, 0.15) is 63.8 Å². The molecule has 2 N–H and O–H groups in total. The minimum atomic E-state index is 0.487. The second-order valence-corrected chi connectivity index (χ2v) is 7.15. The lowest BCUT2D eigenvalue weighted by Crippen LogP contribution is -2.41. The lowest BCUT2D eigenvalue weighted by Gasteiger charge is -2.21. The predicted molar refractivity (Wildman–Crippen MR) is 103 cm³/mol. The number of guanidine groups is 1. The molecule has 0 aromatic carbocycles. The third kappa shape index (κ3) is 6.34. The molecule has 1 aromatic heterocycles. The molecule has 0 saturated carbocycles. The van der Waals surface area contributed by atoms with E-state index in [1.165, 1.54) is 25.9 Å². The zero-order valence-corrected chi connectivity index (χ0v) is 16.3. The van der Waals surface area contributed by atoms with Gasteiger partial charge in [-0.15, -0.1) is 0 Å². The Morgan fingerprint density at radius 3 is 2.64 bits per heavy atom. The molecule has 0 amide bonds. The Kier molecular flexibility index (Phi) is 8.25. The van der Waals surface area contributed by atoms with E-state index in [0.717, 1.165) is 43.3 Å². The van der Waals surface area contributed by atoms with E-state index in [2.05, 4.69) is 52.5 Å². The average Bonchev–Trinajstić information content (AvgIpc) is 3.28. The van der Waals surface area contributed by atoms with E-state index < -0.39 is 0 Å². The summed E-state index contributed by atoms with van der Waals surface area (Å²) in [6.07, 6.45) is 4.88. The fraction of sp³-hybridized carbons (Fsp3) is 0.789. The SMILES string of the molecule is CCC(CC)c1cc(CNC(=NC)NCC(C)CN2CCCC2)on1. The van der Waals surface area contributed by atoms with Crippen molar-refractivity contribution in [2.75, 3.05) is 33.2 Å². The molecule has 1 aliphatic rings. The molecular weight excluding hydrogens is 314 g/mol. The number of likely N-dealkylation sites (tertiary alicyclic amines) is 1. The molecule has 1 saturated heterocycles. The highest BCUT2D eigenvalue weighted by Gasteiger charge is 2.15. The van der Waals surface area contributed by atoms with Crippen molar-refractivity contribution in [3.05, 3.63) is 17.5 Å². The van der Waals surface area contributed by atoms with E-state index in [1.807, 2.05) is 0 Å². The molecule has 1 atom stereocenters. The molecule has 1 aromatic rings. The minimum absolute atomic E-state index is 0.487. The van der Waals surface area contributed by atoms with Crippen molar-refractivity contribution >= 4 is 5.96 Å². The van der Waals surface area contributed by atoms with Crippen LogP contribution in [-0.4, -0.2) is 49.2 Å². The van der Waals surface area contributed by atoms with E-state index in [-0.39, 0.29) is 0 Å². The van der Waals surface area contributed by atoms with Gasteiger partial charge >= 0.3 is 0 Å². The third-order valence-corrected chi connectivity index (χ3v) is 5.02. The van der Waals surface area contributed by atoms with Crippen molar-refractivity contribution in [1.82, 2.24) is 20.7 Å². The van der Waals surface area contributed by atoms with Gasteiger partial charge in [0, 0.05) is 32.1 Å². The Hall–Kier alpha value is -1.56. The Morgan fingerprint density at radius 2 is 2.00 bits per heavy atom. The van der Waals surface area contributed by atoms with Crippen molar-refractivity contribution in [2.45, 2.75) is 58.9 Å². The van der Waals surface area contributed by atoms with Crippen molar-refractivity contribution in [3.63, 3.8) is 0 Å². The molecule has 1 unspecified atom stereocenters.